The highest BCUT2D eigenvalue weighted by molar-refractivity contribution is 5.98. The smallest absolute Gasteiger partial charge is 0.407 e. The normalized spacial score (nSPS) is 15.4. The third kappa shape index (κ3) is 7.09. The number of hydrogen-bond donors (Lipinski definition) is 3. The molecule has 1 aliphatic rings. The van der Waals surface area contributed by atoms with Crippen LogP contribution in [0.1, 0.15) is 63.9 Å². The van der Waals surface area contributed by atoms with Crippen molar-refractivity contribution in [1.82, 2.24) is 15.6 Å². The average molecular weight is 494 g/mol. The minimum atomic E-state index is -0.513. The molecule has 4 rings (SSSR count). The van der Waals surface area contributed by atoms with Gasteiger partial charge in [0.2, 0.25) is 0 Å². The van der Waals surface area contributed by atoms with Crippen LogP contribution in [0.25, 0.3) is 22.0 Å². The Morgan fingerprint density at radius 3 is 2.42 bits per heavy atom. The second kappa shape index (κ2) is 10.7. The number of hydrogen-bond acceptors (Lipinski definition) is 3. The summed E-state index contributed by atoms with van der Waals surface area (Å²) in [5, 5.41) is 7.02. The maximum Gasteiger partial charge on any atom is 0.407 e. The maximum absolute atomic E-state index is 13.2. The molecule has 2 atom stereocenters. The molecule has 0 aliphatic heterocycles. The Morgan fingerprint density at radius 1 is 1.06 bits per heavy atom. The van der Waals surface area contributed by atoms with Crippen LogP contribution in [0.3, 0.4) is 0 Å². The van der Waals surface area contributed by atoms with Crippen molar-refractivity contribution in [2.24, 2.45) is 11.8 Å². The van der Waals surface area contributed by atoms with Gasteiger partial charge in [0, 0.05) is 23.5 Å². The highest BCUT2D eigenvalue weighted by Gasteiger charge is 2.33. The topological polar surface area (TPSA) is 83.2 Å². The van der Waals surface area contributed by atoms with Crippen molar-refractivity contribution >= 4 is 22.9 Å². The first-order valence-corrected chi connectivity index (χ1v) is 12.7. The van der Waals surface area contributed by atoms with Gasteiger partial charge < -0.3 is 20.4 Å². The minimum absolute atomic E-state index is 0.113. The van der Waals surface area contributed by atoms with Gasteiger partial charge in [-0.1, -0.05) is 31.2 Å². The minimum Gasteiger partial charge on any atom is -0.444 e. The van der Waals surface area contributed by atoms with Gasteiger partial charge in [0.05, 0.1) is 0 Å². The zero-order chi connectivity index (χ0) is 25.9. The number of halogens is 1. The van der Waals surface area contributed by atoms with Crippen molar-refractivity contribution in [3.63, 3.8) is 0 Å². The summed E-state index contributed by atoms with van der Waals surface area (Å²) in [4.78, 5) is 28.2. The molecule has 2 aromatic carbocycles. The lowest BCUT2D eigenvalue weighted by Crippen LogP contribution is -2.40. The average Bonchev–Trinajstić information content (AvgIpc) is 3.57. The summed E-state index contributed by atoms with van der Waals surface area (Å²) in [6.45, 7) is 8.25. The molecule has 0 saturated heterocycles. The van der Waals surface area contributed by atoms with Crippen LogP contribution in [-0.2, 0) is 4.74 Å². The predicted molar refractivity (Wildman–Crippen MR) is 140 cm³/mol. The van der Waals surface area contributed by atoms with E-state index in [1.165, 1.54) is 12.1 Å². The fourth-order valence-corrected chi connectivity index (χ4v) is 4.38. The van der Waals surface area contributed by atoms with Gasteiger partial charge in [-0.25, -0.2) is 9.18 Å². The summed E-state index contributed by atoms with van der Waals surface area (Å²) in [5.41, 5.74) is 2.72. The summed E-state index contributed by atoms with van der Waals surface area (Å²) >= 11 is 0. The number of fused-ring (bicyclic) bond motifs is 1. The van der Waals surface area contributed by atoms with Crippen molar-refractivity contribution in [3.8, 4) is 11.1 Å². The molecule has 6 nitrogen and oxygen atoms in total. The van der Waals surface area contributed by atoms with Gasteiger partial charge in [-0.05, 0) is 93.7 Å². The van der Waals surface area contributed by atoms with E-state index in [9.17, 15) is 14.0 Å². The first-order chi connectivity index (χ1) is 17.1. The van der Waals surface area contributed by atoms with E-state index < -0.39 is 5.60 Å². The maximum atomic E-state index is 13.2. The molecular formula is C29H36FN3O3. The standard InChI is InChI=1S/C29H36FN3O3/c1-18(5-14-24(20-6-7-20)33-28(35)36-29(2,3)4)17-31-27(34)26-16-22-9-8-21(15-25(22)32-26)19-10-12-23(30)13-11-19/h8-13,15-16,18,20,24,32H,5-7,14,17H2,1-4H3,(H,31,34)(H,33,35)/t18-,24?/m0/s1. The SMILES string of the molecule is C[C@@H](CCC(NC(=O)OC(C)(C)C)C1CC1)CNC(=O)c1cc2ccc(-c3ccc(F)cc3)cc2[nH]1. The quantitative estimate of drug-likeness (QED) is 0.321. The van der Waals surface area contributed by atoms with E-state index in [0.29, 0.717) is 18.2 Å². The Morgan fingerprint density at radius 2 is 1.75 bits per heavy atom. The van der Waals surface area contributed by atoms with Crippen LogP contribution >= 0.6 is 0 Å². The number of alkyl carbamates (subject to hydrolysis) is 1. The first kappa shape index (κ1) is 25.7. The molecule has 1 saturated carbocycles. The fraction of sp³-hybridized carbons (Fsp3) is 0.448. The molecule has 1 aromatic heterocycles. The lowest BCUT2D eigenvalue weighted by molar-refractivity contribution is 0.0493. The van der Waals surface area contributed by atoms with Gasteiger partial charge in [0.15, 0.2) is 0 Å². The predicted octanol–water partition coefficient (Wildman–Crippen LogP) is 6.42. The molecular weight excluding hydrogens is 457 g/mol. The zero-order valence-corrected chi connectivity index (χ0v) is 21.5. The number of carbonyl (C=O) groups excluding carboxylic acids is 2. The molecule has 1 heterocycles. The van der Waals surface area contributed by atoms with Crippen molar-refractivity contribution in [3.05, 3.63) is 60.0 Å². The van der Waals surface area contributed by atoms with Crippen molar-refractivity contribution < 1.29 is 18.7 Å². The number of H-pyrrole nitrogens is 1. The summed E-state index contributed by atoms with van der Waals surface area (Å²) < 4.78 is 18.7. The number of rotatable bonds is 9. The molecule has 36 heavy (non-hydrogen) atoms. The van der Waals surface area contributed by atoms with Gasteiger partial charge in [0.25, 0.3) is 5.91 Å². The number of ether oxygens (including phenoxy) is 1. The third-order valence-electron chi connectivity index (χ3n) is 6.52. The second-order valence-corrected chi connectivity index (χ2v) is 11.0. The molecule has 0 radical (unpaired) electrons. The van der Waals surface area contributed by atoms with Gasteiger partial charge in [0.1, 0.15) is 17.1 Å². The number of carbonyl (C=O) groups is 2. The molecule has 192 valence electrons. The molecule has 1 fully saturated rings. The lowest BCUT2D eigenvalue weighted by Gasteiger charge is -2.24. The van der Waals surface area contributed by atoms with E-state index in [-0.39, 0.29) is 29.8 Å². The summed E-state index contributed by atoms with van der Waals surface area (Å²) in [5.74, 6) is 0.373. The Labute approximate surface area is 212 Å². The van der Waals surface area contributed by atoms with E-state index in [4.69, 9.17) is 4.74 Å². The summed E-state index contributed by atoms with van der Waals surface area (Å²) in [7, 11) is 0. The number of aromatic amines is 1. The summed E-state index contributed by atoms with van der Waals surface area (Å²) in [6, 6.07) is 14.2. The number of nitrogens with one attached hydrogen (secondary N) is 3. The van der Waals surface area contributed by atoms with E-state index in [2.05, 4.69) is 22.5 Å². The van der Waals surface area contributed by atoms with Crippen LogP contribution in [0.2, 0.25) is 0 Å². The Balaban J connectivity index is 1.28. The van der Waals surface area contributed by atoms with E-state index in [1.54, 1.807) is 12.1 Å². The van der Waals surface area contributed by atoms with Crippen molar-refractivity contribution in [2.45, 2.75) is 65.0 Å². The van der Waals surface area contributed by atoms with Gasteiger partial charge >= 0.3 is 6.09 Å². The van der Waals surface area contributed by atoms with Crippen molar-refractivity contribution in [2.75, 3.05) is 6.54 Å². The lowest BCUT2D eigenvalue weighted by atomic mass is 9.99. The Hall–Kier alpha value is -3.35. The van der Waals surface area contributed by atoms with E-state index in [0.717, 1.165) is 47.7 Å². The Kier molecular flexibility index (Phi) is 7.67. The van der Waals surface area contributed by atoms with Crippen LogP contribution in [0.4, 0.5) is 9.18 Å². The van der Waals surface area contributed by atoms with Crippen LogP contribution in [0, 0.1) is 17.7 Å². The molecule has 1 aliphatic carbocycles. The zero-order valence-electron chi connectivity index (χ0n) is 21.5. The molecule has 3 aromatic rings. The van der Waals surface area contributed by atoms with Crippen LogP contribution in [0.15, 0.2) is 48.5 Å². The molecule has 2 amide bonds. The molecule has 3 N–H and O–H groups in total. The molecule has 0 spiro atoms. The van der Waals surface area contributed by atoms with Crippen LogP contribution in [0.5, 0.6) is 0 Å². The highest BCUT2D eigenvalue weighted by atomic mass is 19.1. The molecule has 1 unspecified atom stereocenters. The number of aromatic nitrogens is 1. The third-order valence-corrected chi connectivity index (χ3v) is 6.52. The first-order valence-electron chi connectivity index (χ1n) is 12.7. The fourth-order valence-electron chi connectivity index (χ4n) is 4.38. The van der Waals surface area contributed by atoms with Gasteiger partial charge in [-0.2, -0.15) is 0 Å². The van der Waals surface area contributed by atoms with Crippen LogP contribution < -0.4 is 10.6 Å². The Bertz CT molecular complexity index is 1210. The van der Waals surface area contributed by atoms with E-state index >= 15 is 0 Å². The molecule has 7 heteroatoms. The number of benzene rings is 2. The summed E-state index contributed by atoms with van der Waals surface area (Å²) in [6.07, 6.45) is 3.66. The van der Waals surface area contributed by atoms with Gasteiger partial charge in [-0.15, -0.1) is 0 Å². The number of amides is 2. The van der Waals surface area contributed by atoms with Crippen LogP contribution in [-0.4, -0.2) is 35.2 Å². The monoisotopic (exact) mass is 493 g/mol. The highest BCUT2D eigenvalue weighted by Crippen LogP contribution is 2.35. The van der Waals surface area contributed by atoms with Gasteiger partial charge in [-0.3, -0.25) is 4.79 Å². The molecule has 0 bridgehead atoms. The second-order valence-electron chi connectivity index (χ2n) is 11.0. The largest absolute Gasteiger partial charge is 0.444 e. The van der Waals surface area contributed by atoms with E-state index in [1.807, 2.05) is 45.0 Å². The van der Waals surface area contributed by atoms with Crippen molar-refractivity contribution in [1.29, 1.82) is 0 Å².